The van der Waals surface area contributed by atoms with Crippen LogP contribution in [0.5, 0.6) is 0 Å². The quantitative estimate of drug-likeness (QED) is 0.775. The molecule has 1 fully saturated rings. The maximum atomic E-state index is 4.20. The van der Waals surface area contributed by atoms with Gasteiger partial charge in [-0.05, 0) is 31.2 Å². The summed E-state index contributed by atoms with van der Waals surface area (Å²) in [5.74, 6) is 1.77. The molecule has 0 aromatic carbocycles. The fraction of sp³-hybridized carbons (Fsp3) is 0.583. The summed E-state index contributed by atoms with van der Waals surface area (Å²) in [5.41, 5.74) is 2.21. The van der Waals surface area contributed by atoms with Crippen LogP contribution in [0.15, 0.2) is 18.5 Å². The van der Waals surface area contributed by atoms with Crippen LogP contribution in [0.3, 0.4) is 0 Å². The normalized spacial score (nSPS) is 23.6. The van der Waals surface area contributed by atoms with Crippen LogP contribution in [0, 0.1) is 11.8 Å². The molecule has 1 saturated carbocycles. The monoisotopic (exact) mass is 205 g/mol. The zero-order valence-electron chi connectivity index (χ0n) is 9.46. The van der Waals surface area contributed by atoms with Crippen molar-refractivity contribution >= 4 is 11.4 Å². The van der Waals surface area contributed by atoms with E-state index in [1.807, 2.05) is 12.4 Å². The Bertz CT molecular complexity index is 324. The summed E-state index contributed by atoms with van der Waals surface area (Å²) in [6.07, 6.45) is 5.11. The predicted molar refractivity (Wildman–Crippen MR) is 64.2 cm³/mol. The van der Waals surface area contributed by atoms with Gasteiger partial charge >= 0.3 is 0 Å². The number of anilines is 2. The van der Waals surface area contributed by atoms with Crippen LogP contribution in [0.1, 0.15) is 20.3 Å². The van der Waals surface area contributed by atoms with Gasteiger partial charge in [0.1, 0.15) is 0 Å². The second-order valence-electron chi connectivity index (χ2n) is 4.35. The highest BCUT2D eigenvalue weighted by atomic mass is 14.9. The molecule has 2 atom stereocenters. The van der Waals surface area contributed by atoms with E-state index in [0.29, 0.717) is 0 Å². The molecule has 0 spiro atoms. The zero-order valence-corrected chi connectivity index (χ0v) is 9.46. The van der Waals surface area contributed by atoms with Crippen LogP contribution in [0.4, 0.5) is 11.4 Å². The third-order valence-corrected chi connectivity index (χ3v) is 2.96. The molecular weight excluding hydrogens is 186 g/mol. The molecule has 0 aliphatic heterocycles. The summed E-state index contributed by atoms with van der Waals surface area (Å²) in [4.78, 5) is 4.20. The highest BCUT2D eigenvalue weighted by Gasteiger charge is 2.31. The van der Waals surface area contributed by atoms with Crippen molar-refractivity contribution in [1.29, 1.82) is 0 Å². The van der Waals surface area contributed by atoms with Crippen molar-refractivity contribution in [2.45, 2.75) is 20.3 Å². The minimum Gasteiger partial charge on any atom is -0.384 e. The number of hydrogen-bond acceptors (Lipinski definition) is 3. The largest absolute Gasteiger partial charge is 0.384 e. The molecule has 1 aromatic heterocycles. The second-order valence-corrected chi connectivity index (χ2v) is 4.35. The molecule has 0 amide bonds. The zero-order chi connectivity index (χ0) is 10.7. The van der Waals surface area contributed by atoms with Crippen molar-refractivity contribution in [3.63, 3.8) is 0 Å². The molecule has 3 heteroatoms. The van der Waals surface area contributed by atoms with Gasteiger partial charge in [-0.1, -0.05) is 6.92 Å². The third-order valence-electron chi connectivity index (χ3n) is 2.96. The molecule has 1 aliphatic rings. The molecule has 2 N–H and O–H groups in total. The van der Waals surface area contributed by atoms with Gasteiger partial charge in [-0.2, -0.15) is 0 Å². The highest BCUT2D eigenvalue weighted by Crippen LogP contribution is 2.37. The van der Waals surface area contributed by atoms with Gasteiger partial charge in [0, 0.05) is 13.1 Å². The average molecular weight is 205 g/mol. The summed E-state index contributed by atoms with van der Waals surface area (Å²) < 4.78 is 0. The molecular formula is C12H19N3. The van der Waals surface area contributed by atoms with Crippen LogP contribution in [-0.4, -0.2) is 18.1 Å². The van der Waals surface area contributed by atoms with E-state index >= 15 is 0 Å². The van der Waals surface area contributed by atoms with E-state index in [1.54, 1.807) is 0 Å². The first-order valence-electron chi connectivity index (χ1n) is 5.72. The van der Waals surface area contributed by atoms with E-state index < -0.39 is 0 Å². The fourth-order valence-corrected chi connectivity index (χ4v) is 1.77. The molecule has 2 unspecified atom stereocenters. The Labute approximate surface area is 91.3 Å². The molecule has 1 aromatic rings. The molecule has 82 valence electrons. The van der Waals surface area contributed by atoms with Gasteiger partial charge in [-0.3, -0.25) is 4.98 Å². The minimum absolute atomic E-state index is 0.868. The van der Waals surface area contributed by atoms with Crippen molar-refractivity contribution in [2.75, 3.05) is 23.7 Å². The van der Waals surface area contributed by atoms with Crippen molar-refractivity contribution in [2.24, 2.45) is 11.8 Å². The van der Waals surface area contributed by atoms with E-state index in [2.05, 4.69) is 35.5 Å². The van der Waals surface area contributed by atoms with Crippen LogP contribution < -0.4 is 10.6 Å². The van der Waals surface area contributed by atoms with E-state index in [-0.39, 0.29) is 0 Å². The van der Waals surface area contributed by atoms with Crippen LogP contribution in [-0.2, 0) is 0 Å². The highest BCUT2D eigenvalue weighted by molar-refractivity contribution is 5.53. The van der Waals surface area contributed by atoms with Gasteiger partial charge in [0.25, 0.3) is 0 Å². The maximum absolute atomic E-state index is 4.20. The number of aromatic nitrogens is 1. The van der Waals surface area contributed by atoms with Crippen LogP contribution in [0.25, 0.3) is 0 Å². The summed E-state index contributed by atoms with van der Waals surface area (Å²) >= 11 is 0. The number of hydrogen-bond donors (Lipinski definition) is 2. The van der Waals surface area contributed by atoms with Crippen molar-refractivity contribution < 1.29 is 0 Å². The lowest BCUT2D eigenvalue weighted by Crippen LogP contribution is -2.05. The lowest BCUT2D eigenvalue weighted by molar-refractivity contribution is 0.787. The average Bonchev–Trinajstić information content (AvgIpc) is 2.93. The smallest absolute Gasteiger partial charge is 0.0547 e. The van der Waals surface area contributed by atoms with Gasteiger partial charge in [0.2, 0.25) is 0 Å². The number of nitrogens with zero attached hydrogens (tertiary/aromatic N) is 1. The first-order chi connectivity index (χ1) is 7.29. The summed E-state index contributed by atoms with van der Waals surface area (Å²) in [6.45, 7) is 6.41. The standard InChI is InChI=1S/C12H19N3/c1-3-14-11-5-12(8-13-7-11)15-6-10-4-9(10)2/h5,7-10,14-15H,3-4,6H2,1-2H3. The molecule has 2 rings (SSSR count). The van der Waals surface area contributed by atoms with Gasteiger partial charge in [0.05, 0.1) is 23.8 Å². The van der Waals surface area contributed by atoms with Gasteiger partial charge < -0.3 is 10.6 Å². The lowest BCUT2D eigenvalue weighted by Gasteiger charge is -2.07. The summed E-state index contributed by atoms with van der Waals surface area (Å²) in [6, 6.07) is 2.11. The molecule has 3 nitrogen and oxygen atoms in total. The number of rotatable bonds is 5. The van der Waals surface area contributed by atoms with Crippen LogP contribution in [0.2, 0.25) is 0 Å². The topological polar surface area (TPSA) is 37.0 Å². The Kier molecular flexibility index (Phi) is 3.09. The fourth-order valence-electron chi connectivity index (χ4n) is 1.77. The lowest BCUT2D eigenvalue weighted by atomic mass is 10.3. The Morgan fingerprint density at radius 3 is 2.60 bits per heavy atom. The Morgan fingerprint density at radius 1 is 1.33 bits per heavy atom. The Morgan fingerprint density at radius 2 is 2.00 bits per heavy atom. The molecule has 1 heterocycles. The minimum atomic E-state index is 0.868. The predicted octanol–water partition coefficient (Wildman–Crippen LogP) is 2.58. The van der Waals surface area contributed by atoms with Crippen molar-refractivity contribution in [3.8, 4) is 0 Å². The Balaban J connectivity index is 1.87. The maximum Gasteiger partial charge on any atom is 0.0547 e. The molecule has 0 bridgehead atoms. The van der Waals surface area contributed by atoms with E-state index in [9.17, 15) is 0 Å². The van der Waals surface area contributed by atoms with Crippen molar-refractivity contribution in [1.82, 2.24) is 4.98 Å². The number of nitrogens with one attached hydrogen (secondary N) is 2. The molecule has 1 aliphatic carbocycles. The van der Waals surface area contributed by atoms with Crippen molar-refractivity contribution in [3.05, 3.63) is 18.5 Å². The van der Waals surface area contributed by atoms with Gasteiger partial charge in [-0.15, -0.1) is 0 Å². The summed E-state index contributed by atoms with van der Waals surface area (Å²) in [5, 5.41) is 6.69. The van der Waals surface area contributed by atoms with E-state index in [4.69, 9.17) is 0 Å². The summed E-state index contributed by atoms with van der Waals surface area (Å²) in [7, 11) is 0. The first kappa shape index (κ1) is 10.3. The van der Waals surface area contributed by atoms with E-state index in [0.717, 1.165) is 36.3 Å². The third kappa shape index (κ3) is 2.85. The van der Waals surface area contributed by atoms with Crippen LogP contribution >= 0.6 is 0 Å². The molecule has 0 radical (unpaired) electrons. The Hall–Kier alpha value is -1.25. The van der Waals surface area contributed by atoms with Gasteiger partial charge in [-0.25, -0.2) is 0 Å². The van der Waals surface area contributed by atoms with Gasteiger partial charge in [0.15, 0.2) is 0 Å². The molecule has 0 saturated heterocycles. The number of pyridine rings is 1. The second kappa shape index (κ2) is 4.51. The first-order valence-corrected chi connectivity index (χ1v) is 5.72. The SMILES string of the molecule is CCNc1cncc(NCC2CC2C)c1. The van der Waals surface area contributed by atoms with E-state index in [1.165, 1.54) is 6.42 Å². The molecule has 15 heavy (non-hydrogen) atoms.